The number of thioether (sulfide) groups is 1. The van der Waals surface area contributed by atoms with Crippen LogP contribution in [0, 0.1) is 0 Å². The predicted molar refractivity (Wildman–Crippen MR) is 55.7 cm³/mol. The molecule has 0 saturated heterocycles. The van der Waals surface area contributed by atoms with Gasteiger partial charge in [0, 0.05) is 0 Å². The summed E-state index contributed by atoms with van der Waals surface area (Å²) in [7, 11) is 0. The highest BCUT2D eigenvalue weighted by atomic mass is 32.2. The lowest BCUT2D eigenvalue weighted by atomic mass is 10.3. The molecule has 0 aromatic rings. The quantitative estimate of drug-likeness (QED) is 0.564. The highest BCUT2D eigenvalue weighted by Gasteiger charge is 2.00. The summed E-state index contributed by atoms with van der Waals surface area (Å²) in [5, 5.41) is 0. The molecule has 1 heteroatoms. The second-order valence-corrected chi connectivity index (χ2v) is 3.55. The first kappa shape index (κ1) is 10.8. The second-order valence-electron chi connectivity index (χ2n) is 2.18. The van der Waals surface area contributed by atoms with Crippen molar-refractivity contribution < 1.29 is 0 Å². The van der Waals surface area contributed by atoms with E-state index in [1.54, 1.807) is 0 Å². The molecule has 0 atom stereocenters. The van der Waals surface area contributed by atoms with Crippen LogP contribution in [0.4, 0.5) is 0 Å². The summed E-state index contributed by atoms with van der Waals surface area (Å²) in [6.45, 7) is 8.38. The van der Waals surface area contributed by atoms with Gasteiger partial charge in [-0.1, -0.05) is 44.7 Å². The fraction of sp³-hybridized carbons (Fsp3) is 0.600. The van der Waals surface area contributed by atoms with Crippen LogP contribution in [0.3, 0.4) is 0 Å². The Morgan fingerprint density at radius 1 is 1.36 bits per heavy atom. The van der Waals surface area contributed by atoms with Crippen molar-refractivity contribution in [3.63, 3.8) is 0 Å². The van der Waals surface area contributed by atoms with E-state index in [2.05, 4.69) is 26.0 Å². The molecule has 0 N–H and O–H groups in total. The lowest BCUT2D eigenvalue weighted by Crippen LogP contribution is -1.80. The Morgan fingerprint density at radius 2 is 2.00 bits per heavy atom. The summed E-state index contributed by atoms with van der Waals surface area (Å²) < 4.78 is 0. The molecular weight excluding hydrogens is 152 g/mol. The first-order chi connectivity index (χ1) is 5.33. The van der Waals surface area contributed by atoms with Crippen LogP contribution in [0.25, 0.3) is 0 Å². The minimum absolute atomic E-state index is 1.14. The van der Waals surface area contributed by atoms with E-state index >= 15 is 0 Å². The van der Waals surface area contributed by atoms with Crippen molar-refractivity contribution in [3.05, 3.63) is 22.0 Å². The fourth-order valence-electron chi connectivity index (χ4n) is 0.863. The number of hydrogen-bond donors (Lipinski definition) is 0. The molecule has 0 aliphatic carbocycles. The van der Waals surface area contributed by atoms with Crippen molar-refractivity contribution in [1.29, 1.82) is 0 Å². The van der Waals surface area contributed by atoms with Gasteiger partial charge in [0.05, 0.1) is 0 Å². The van der Waals surface area contributed by atoms with Gasteiger partial charge >= 0.3 is 0 Å². The minimum Gasteiger partial charge on any atom is -0.1000 e. The molecule has 1 heterocycles. The number of allylic oxidation sites excluding steroid dienone is 4. The van der Waals surface area contributed by atoms with Gasteiger partial charge in [-0.05, 0) is 29.6 Å². The van der Waals surface area contributed by atoms with Crippen molar-refractivity contribution in [1.82, 2.24) is 0 Å². The highest BCUT2D eigenvalue weighted by molar-refractivity contribution is 8.06. The third-order valence-electron chi connectivity index (χ3n) is 1.39. The molecule has 0 unspecified atom stereocenters. The van der Waals surface area contributed by atoms with Gasteiger partial charge in [0.15, 0.2) is 0 Å². The van der Waals surface area contributed by atoms with E-state index in [1.165, 1.54) is 16.2 Å². The molecule has 0 radical (unpaired) electrons. The van der Waals surface area contributed by atoms with Crippen molar-refractivity contribution in [2.75, 3.05) is 0 Å². The van der Waals surface area contributed by atoms with Gasteiger partial charge in [-0.25, -0.2) is 0 Å². The van der Waals surface area contributed by atoms with Gasteiger partial charge < -0.3 is 0 Å². The van der Waals surface area contributed by atoms with Crippen molar-refractivity contribution in [2.24, 2.45) is 0 Å². The van der Waals surface area contributed by atoms with Crippen LogP contribution in [0.2, 0.25) is 0 Å². The van der Waals surface area contributed by atoms with Gasteiger partial charge in [-0.15, -0.1) is 0 Å². The van der Waals surface area contributed by atoms with Crippen molar-refractivity contribution >= 4 is 11.8 Å². The molecule has 0 aromatic carbocycles. The summed E-state index contributed by atoms with van der Waals surface area (Å²) in [4.78, 5) is 2.98. The zero-order valence-corrected chi connectivity index (χ0v) is 8.79. The van der Waals surface area contributed by atoms with Crippen LogP contribution >= 0.6 is 11.8 Å². The van der Waals surface area contributed by atoms with Crippen LogP contribution in [0.15, 0.2) is 22.0 Å². The van der Waals surface area contributed by atoms with E-state index in [0.29, 0.717) is 0 Å². The van der Waals surface area contributed by atoms with Gasteiger partial charge in [-0.2, -0.15) is 0 Å². The SMILES string of the molecule is CC.CCC1=CCC=C(C)S1. The van der Waals surface area contributed by atoms with Crippen LogP contribution in [-0.2, 0) is 0 Å². The molecule has 0 fully saturated rings. The van der Waals surface area contributed by atoms with E-state index in [1.807, 2.05) is 25.6 Å². The summed E-state index contributed by atoms with van der Waals surface area (Å²) in [5.41, 5.74) is 0. The van der Waals surface area contributed by atoms with E-state index < -0.39 is 0 Å². The Balaban J connectivity index is 0.000000461. The van der Waals surface area contributed by atoms with Gasteiger partial charge in [-0.3, -0.25) is 0 Å². The van der Waals surface area contributed by atoms with E-state index in [4.69, 9.17) is 0 Å². The van der Waals surface area contributed by atoms with Crippen LogP contribution in [0.1, 0.15) is 40.5 Å². The number of rotatable bonds is 1. The molecule has 0 aromatic heterocycles. The lowest BCUT2D eigenvalue weighted by Gasteiger charge is -2.08. The van der Waals surface area contributed by atoms with E-state index in [9.17, 15) is 0 Å². The van der Waals surface area contributed by atoms with E-state index in [-0.39, 0.29) is 0 Å². The molecule has 1 aliphatic rings. The monoisotopic (exact) mass is 170 g/mol. The van der Waals surface area contributed by atoms with Crippen molar-refractivity contribution in [2.45, 2.75) is 40.5 Å². The van der Waals surface area contributed by atoms with Crippen LogP contribution in [0.5, 0.6) is 0 Å². The molecule has 1 aliphatic heterocycles. The minimum atomic E-state index is 1.14. The normalized spacial score (nSPS) is 16.0. The van der Waals surface area contributed by atoms with Gasteiger partial charge in [0.25, 0.3) is 0 Å². The zero-order chi connectivity index (χ0) is 8.69. The average molecular weight is 170 g/mol. The summed E-state index contributed by atoms with van der Waals surface area (Å²) >= 11 is 1.91. The molecule has 0 spiro atoms. The van der Waals surface area contributed by atoms with Crippen molar-refractivity contribution in [3.8, 4) is 0 Å². The fourth-order valence-corrected chi connectivity index (χ4v) is 1.78. The molecule has 0 bridgehead atoms. The largest absolute Gasteiger partial charge is 0.1000 e. The third kappa shape index (κ3) is 4.31. The lowest BCUT2D eigenvalue weighted by molar-refractivity contribution is 1.16. The molecular formula is C10H18S. The smallest absolute Gasteiger partial charge is 0.0145 e. The van der Waals surface area contributed by atoms with Crippen LogP contribution < -0.4 is 0 Å². The summed E-state index contributed by atoms with van der Waals surface area (Å²) in [5.74, 6) is 0. The molecule has 0 nitrogen and oxygen atoms in total. The highest BCUT2D eigenvalue weighted by Crippen LogP contribution is 2.31. The van der Waals surface area contributed by atoms with Crippen LogP contribution in [-0.4, -0.2) is 0 Å². The van der Waals surface area contributed by atoms with E-state index in [0.717, 1.165) is 6.42 Å². The van der Waals surface area contributed by atoms with Gasteiger partial charge in [0.2, 0.25) is 0 Å². The Morgan fingerprint density at radius 3 is 2.36 bits per heavy atom. The average Bonchev–Trinajstić information content (AvgIpc) is 2.08. The summed E-state index contributed by atoms with van der Waals surface area (Å²) in [6, 6.07) is 0. The maximum Gasteiger partial charge on any atom is -0.0145 e. The summed E-state index contributed by atoms with van der Waals surface area (Å²) in [6.07, 6.45) is 6.90. The molecule has 1 rings (SSSR count). The second kappa shape index (κ2) is 6.53. The Bertz CT molecular complexity index is 154. The maximum atomic E-state index is 2.30. The molecule has 64 valence electrons. The first-order valence-corrected chi connectivity index (χ1v) is 5.18. The Labute approximate surface area is 74.8 Å². The third-order valence-corrected chi connectivity index (χ3v) is 2.60. The Kier molecular flexibility index (Phi) is 6.43. The molecule has 0 saturated carbocycles. The topological polar surface area (TPSA) is 0 Å². The maximum absolute atomic E-state index is 2.30. The zero-order valence-electron chi connectivity index (χ0n) is 7.98. The number of hydrogen-bond acceptors (Lipinski definition) is 1. The standard InChI is InChI=1S/C8H12S.C2H6/c1-3-8-6-4-5-7(2)9-8;1-2/h5-6H,3-4H2,1-2H3;1-2H3. The predicted octanol–water partition coefficient (Wildman–Crippen LogP) is 4.35. The first-order valence-electron chi connectivity index (χ1n) is 4.36. The van der Waals surface area contributed by atoms with Gasteiger partial charge in [0.1, 0.15) is 0 Å². The molecule has 0 amide bonds. The molecule has 11 heavy (non-hydrogen) atoms. The Hall–Kier alpha value is -0.170.